The molecular formula is C19H28N2O2. The summed E-state index contributed by atoms with van der Waals surface area (Å²) in [6, 6.07) is 6.14. The molecule has 1 saturated heterocycles. The molecule has 1 aliphatic heterocycles. The lowest BCUT2D eigenvalue weighted by atomic mass is 9.76. The first-order valence-corrected chi connectivity index (χ1v) is 8.71. The van der Waals surface area contributed by atoms with Gasteiger partial charge in [0.1, 0.15) is 0 Å². The zero-order valence-corrected chi connectivity index (χ0v) is 14.5. The third kappa shape index (κ3) is 3.09. The number of urea groups is 1. The molecule has 2 amide bonds. The van der Waals surface area contributed by atoms with Crippen LogP contribution in [0.4, 0.5) is 10.5 Å². The molecule has 1 aromatic rings. The number of anilines is 1. The van der Waals surface area contributed by atoms with Gasteiger partial charge in [-0.2, -0.15) is 0 Å². The Bertz CT molecular complexity index is 566. The molecule has 126 valence electrons. The molecule has 0 radical (unpaired) electrons. The van der Waals surface area contributed by atoms with Crippen molar-refractivity contribution < 1.29 is 9.53 Å². The summed E-state index contributed by atoms with van der Waals surface area (Å²) in [5.74, 6) is 0. The average molecular weight is 316 g/mol. The molecule has 4 heteroatoms. The molecule has 1 saturated carbocycles. The largest absolute Gasteiger partial charge is 0.381 e. The minimum atomic E-state index is 0.0308. The number of amides is 2. The van der Waals surface area contributed by atoms with Crippen LogP contribution in [-0.4, -0.2) is 37.2 Å². The zero-order chi connectivity index (χ0) is 16.4. The highest BCUT2D eigenvalue weighted by molar-refractivity contribution is 5.91. The molecule has 3 rings (SSSR count). The van der Waals surface area contributed by atoms with Crippen LogP contribution < -0.4 is 5.32 Å². The third-order valence-electron chi connectivity index (χ3n) is 5.72. The lowest BCUT2D eigenvalue weighted by Gasteiger charge is -2.43. The van der Waals surface area contributed by atoms with Crippen molar-refractivity contribution in [1.29, 1.82) is 0 Å². The number of methoxy groups -OCH3 is 1. The minimum Gasteiger partial charge on any atom is -0.381 e. The van der Waals surface area contributed by atoms with Crippen molar-refractivity contribution in [3.8, 4) is 0 Å². The van der Waals surface area contributed by atoms with Gasteiger partial charge in [0.2, 0.25) is 0 Å². The number of carbonyl (C=O) groups is 1. The van der Waals surface area contributed by atoms with E-state index in [0.29, 0.717) is 6.10 Å². The highest BCUT2D eigenvalue weighted by Crippen LogP contribution is 2.46. The zero-order valence-electron chi connectivity index (χ0n) is 14.5. The van der Waals surface area contributed by atoms with E-state index in [1.165, 1.54) is 19.3 Å². The molecular weight excluding hydrogens is 288 g/mol. The SMILES string of the molecule is CO[C@@H]1CCC[C@]12CCCN(C(=O)Nc1c(C)cccc1C)C2. The first kappa shape index (κ1) is 16.3. The van der Waals surface area contributed by atoms with E-state index in [4.69, 9.17) is 4.74 Å². The Morgan fingerprint density at radius 3 is 2.65 bits per heavy atom. The van der Waals surface area contributed by atoms with E-state index >= 15 is 0 Å². The topological polar surface area (TPSA) is 41.6 Å². The second kappa shape index (κ2) is 6.52. The summed E-state index contributed by atoms with van der Waals surface area (Å²) in [6.07, 6.45) is 6.07. The summed E-state index contributed by atoms with van der Waals surface area (Å²) in [5.41, 5.74) is 3.35. The van der Waals surface area contributed by atoms with Gasteiger partial charge >= 0.3 is 6.03 Å². The Kier molecular flexibility index (Phi) is 4.62. The van der Waals surface area contributed by atoms with Gasteiger partial charge in [-0.05, 0) is 50.7 Å². The predicted octanol–water partition coefficient (Wildman–Crippen LogP) is 4.12. The van der Waals surface area contributed by atoms with Crippen LogP contribution in [0.1, 0.15) is 43.2 Å². The van der Waals surface area contributed by atoms with Gasteiger partial charge in [0.15, 0.2) is 0 Å². The van der Waals surface area contributed by atoms with E-state index in [1.807, 2.05) is 44.1 Å². The molecule has 1 spiro atoms. The van der Waals surface area contributed by atoms with E-state index in [1.54, 1.807) is 0 Å². The van der Waals surface area contributed by atoms with Crippen molar-refractivity contribution >= 4 is 11.7 Å². The van der Waals surface area contributed by atoms with Crippen LogP contribution in [0, 0.1) is 19.3 Å². The average Bonchev–Trinajstić information content (AvgIpc) is 2.92. The summed E-state index contributed by atoms with van der Waals surface area (Å²) in [6.45, 7) is 5.74. The van der Waals surface area contributed by atoms with Crippen LogP contribution in [0.2, 0.25) is 0 Å². The van der Waals surface area contributed by atoms with Crippen LogP contribution in [-0.2, 0) is 4.74 Å². The molecule has 2 fully saturated rings. The van der Waals surface area contributed by atoms with E-state index in [2.05, 4.69) is 5.32 Å². The highest BCUT2D eigenvalue weighted by Gasteiger charge is 2.46. The van der Waals surface area contributed by atoms with Crippen LogP contribution >= 0.6 is 0 Å². The molecule has 1 heterocycles. The molecule has 23 heavy (non-hydrogen) atoms. The molecule has 2 atom stereocenters. The van der Waals surface area contributed by atoms with Crippen LogP contribution in [0.15, 0.2) is 18.2 Å². The van der Waals surface area contributed by atoms with Gasteiger partial charge in [0.25, 0.3) is 0 Å². The number of hydrogen-bond donors (Lipinski definition) is 1. The Morgan fingerprint density at radius 2 is 1.96 bits per heavy atom. The van der Waals surface area contributed by atoms with E-state index < -0.39 is 0 Å². The molecule has 1 aromatic carbocycles. The van der Waals surface area contributed by atoms with Crippen LogP contribution in [0.25, 0.3) is 0 Å². The predicted molar refractivity (Wildman–Crippen MR) is 92.8 cm³/mol. The Labute approximate surface area is 139 Å². The number of aryl methyl sites for hydroxylation is 2. The lowest BCUT2D eigenvalue weighted by Crippen LogP contribution is -2.51. The standard InChI is InChI=1S/C19H28N2O2/c1-14-7-4-8-15(2)17(14)20-18(22)21-12-6-11-19(13-21)10-5-9-16(19)23-3/h4,7-8,16H,5-6,9-13H2,1-3H3,(H,20,22)/t16-,19-/m1/s1. The number of likely N-dealkylation sites (tertiary alicyclic amines) is 1. The van der Waals surface area contributed by atoms with Crippen LogP contribution in [0.3, 0.4) is 0 Å². The van der Waals surface area contributed by atoms with Crippen molar-refractivity contribution in [3.63, 3.8) is 0 Å². The first-order chi connectivity index (χ1) is 11.1. The van der Waals surface area contributed by atoms with Gasteiger partial charge in [0, 0.05) is 31.3 Å². The minimum absolute atomic E-state index is 0.0308. The quantitative estimate of drug-likeness (QED) is 0.892. The van der Waals surface area contributed by atoms with Crippen molar-refractivity contribution in [2.24, 2.45) is 5.41 Å². The fraction of sp³-hybridized carbons (Fsp3) is 0.632. The summed E-state index contributed by atoms with van der Waals surface area (Å²) < 4.78 is 5.73. The summed E-state index contributed by atoms with van der Waals surface area (Å²) in [4.78, 5) is 14.8. The number of para-hydroxylation sites is 1. The Morgan fingerprint density at radius 1 is 1.26 bits per heavy atom. The normalized spacial score (nSPS) is 27.4. The number of carbonyl (C=O) groups excluding carboxylic acids is 1. The van der Waals surface area contributed by atoms with Gasteiger partial charge in [-0.1, -0.05) is 24.6 Å². The molecule has 1 aliphatic carbocycles. The fourth-order valence-corrected chi connectivity index (χ4v) is 4.47. The smallest absolute Gasteiger partial charge is 0.321 e. The fourth-order valence-electron chi connectivity index (χ4n) is 4.47. The van der Waals surface area contributed by atoms with E-state index in [-0.39, 0.29) is 11.4 Å². The molecule has 0 unspecified atom stereocenters. The number of benzene rings is 1. The van der Waals surface area contributed by atoms with Crippen molar-refractivity contribution in [3.05, 3.63) is 29.3 Å². The maximum absolute atomic E-state index is 12.8. The van der Waals surface area contributed by atoms with Crippen molar-refractivity contribution in [2.45, 2.75) is 52.1 Å². The van der Waals surface area contributed by atoms with E-state index in [0.717, 1.165) is 42.7 Å². The Hall–Kier alpha value is -1.55. The molecule has 2 aliphatic rings. The number of piperidine rings is 1. The summed E-state index contributed by atoms with van der Waals surface area (Å²) >= 11 is 0. The third-order valence-corrected chi connectivity index (χ3v) is 5.72. The van der Waals surface area contributed by atoms with Gasteiger partial charge in [-0.15, -0.1) is 0 Å². The molecule has 1 N–H and O–H groups in total. The van der Waals surface area contributed by atoms with Gasteiger partial charge < -0.3 is 15.0 Å². The number of nitrogens with zero attached hydrogens (tertiary/aromatic N) is 1. The lowest BCUT2D eigenvalue weighted by molar-refractivity contribution is -0.0244. The number of ether oxygens (including phenoxy) is 1. The highest BCUT2D eigenvalue weighted by atomic mass is 16.5. The van der Waals surface area contributed by atoms with E-state index in [9.17, 15) is 4.79 Å². The summed E-state index contributed by atoms with van der Waals surface area (Å²) in [7, 11) is 1.81. The molecule has 0 bridgehead atoms. The van der Waals surface area contributed by atoms with Crippen molar-refractivity contribution in [1.82, 2.24) is 4.90 Å². The molecule has 4 nitrogen and oxygen atoms in total. The number of hydrogen-bond acceptors (Lipinski definition) is 2. The monoisotopic (exact) mass is 316 g/mol. The van der Waals surface area contributed by atoms with Crippen molar-refractivity contribution in [2.75, 3.05) is 25.5 Å². The number of rotatable bonds is 2. The Balaban J connectivity index is 1.73. The maximum Gasteiger partial charge on any atom is 0.321 e. The molecule has 0 aromatic heterocycles. The number of nitrogens with one attached hydrogen (secondary N) is 1. The van der Waals surface area contributed by atoms with Gasteiger partial charge in [-0.25, -0.2) is 4.79 Å². The van der Waals surface area contributed by atoms with Crippen LogP contribution in [0.5, 0.6) is 0 Å². The second-order valence-electron chi connectivity index (χ2n) is 7.20. The first-order valence-electron chi connectivity index (χ1n) is 8.71. The van der Waals surface area contributed by atoms with Gasteiger partial charge in [0.05, 0.1) is 6.10 Å². The van der Waals surface area contributed by atoms with Gasteiger partial charge in [-0.3, -0.25) is 0 Å². The second-order valence-corrected chi connectivity index (χ2v) is 7.20. The summed E-state index contributed by atoms with van der Waals surface area (Å²) in [5, 5.41) is 3.13. The maximum atomic E-state index is 12.8.